The standard InChI is InChI=1S/C18H28N2/c1-5-12-20(13-6-2)18(4,15-19)14-17-10-8-16(7-3)9-11-17/h8-11H,5-7,12-14H2,1-4H3. The Labute approximate surface area is 124 Å². The van der Waals surface area contributed by atoms with Crippen molar-refractivity contribution >= 4 is 0 Å². The molecule has 0 N–H and O–H groups in total. The Hall–Kier alpha value is -1.33. The minimum atomic E-state index is -0.403. The van der Waals surface area contributed by atoms with Gasteiger partial charge in [-0.05, 0) is 50.4 Å². The van der Waals surface area contributed by atoms with Crippen LogP contribution in [-0.4, -0.2) is 23.5 Å². The van der Waals surface area contributed by atoms with E-state index < -0.39 is 5.54 Å². The predicted octanol–water partition coefficient (Wildman–Crippen LogP) is 4.20. The van der Waals surface area contributed by atoms with Crippen molar-refractivity contribution in [3.8, 4) is 6.07 Å². The molecule has 0 aliphatic heterocycles. The smallest absolute Gasteiger partial charge is 0.110 e. The molecule has 0 radical (unpaired) electrons. The summed E-state index contributed by atoms with van der Waals surface area (Å²) in [6.07, 6.45) is 4.04. The van der Waals surface area contributed by atoms with Crippen LogP contribution in [0.2, 0.25) is 0 Å². The third-order valence-corrected chi connectivity index (χ3v) is 3.91. The fourth-order valence-electron chi connectivity index (χ4n) is 2.66. The molecule has 0 aromatic heterocycles. The molecule has 0 heterocycles. The Balaban J connectivity index is 2.88. The lowest BCUT2D eigenvalue weighted by atomic mass is 9.91. The second-order valence-electron chi connectivity index (χ2n) is 5.72. The Morgan fingerprint density at radius 2 is 1.50 bits per heavy atom. The topological polar surface area (TPSA) is 27.0 Å². The van der Waals surface area contributed by atoms with Crippen molar-refractivity contribution in [2.24, 2.45) is 0 Å². The molecule has 0 fully saturated rings. The van der Waals surface area contributed by atoms with E-state index in [-0.39, 0.29) is 0 Å². The van der Waals surface area contributed by atoms with Crippen LogP contribution in [0.3, 0.4) is 0 Å². The SMILES string of the molecule is CCCN(CCC)C(C)(C#N)Cc1ccc(CC)cc1. The van der Waals surface area contributed by atoms with Crippen LogP contribution in [0, 0.1) is 11.3 Å². The second kappa shape index (κ2) is 8.07. The molecule has 0 amide bonds. The molecule has 0 aliphatic rings. The Morgan fingerprint density at radius 1 is 1.00 bits per heavy atom. The van der Waals surface area contributed by atoms with Gasteiger partial charge < -0.3 is 0 Å². The maximum atomic E-state index is 9.68. The normalized spacial score (nSPS) is 14.0. The second-order valence-corrected chi connectivity index (χ2v) is 5.72. The van der Waals surface area contributed by atoms with Crippen molar-refractivity contribution in [3.63, 3.8) is 0 Å². The monoisotopic (exact) mass is 272 g/mol. The number of nitrogens with zero attached hydrogens (tertiary/aromatic N) is 2. The fourth-order valence-corrected chi connectivity index (χ4v) is 2.66. The molecule has 0 saturated heterocycles. The van der Waals surface area contributed by atoms with Gasteiger partial charge in [0.1, 0.15) is 5.54 Å². The number of nitriles is 1. The molecule has 0 spiro atoms. The lowest BCUT2D eigenvalue weighted by molar-refractivity contribution is 0.151. The highest BCUT2D eigenvalue weighted by Gasteiger charge is 2.31. The lowest BCUT2D eigenvalue weighted by Gasteiger charge is -2.36. The first kappa shape index (κ1) is 16.7. The predicted molar refractivity (Wildman–Crippen MR) is 85.7 cm³/mol. The van der Waals surface area contributed by atoms with Gasteiger partial charge in [0.05, 0.1) is 6.07 Å². The van der Waals surface area contributed by atoms with E-state index in [1.807, 2.05) is 0 Å². The molecule has 0 bridgehead atoms. The molecule has 110 valence electrons. The van der Waals surface area contributed by atoms with Gasteiger partial charge in [-0.2, -0.15) is 5.26 Å². The zero-order valence-electron chi connectivity index (χ0n) is 13.4. The van der Waals surface area contributed by atoms with Crippen LogP contribution in [0.25, 0.3) is 0 Å². The number of hydrogen-bond donors (Lipinski definition) is 0. The van der Waals surface area contributed by atoms with E-state index in [2.05, 4.69) is 62.9 Å². The zero-order valence-corrected chi connectivity index (χ0v) is 13.4. The van der Waals surface area contributed by atoms with Gasteiger partial charge >= 0.3 is 0 Å². The first-order valence-electron chi connectivity index (χ1n) is 7.83. The summed E-state index contributed by atoms with van der Waals surface area (Å²) in [5.74, 6) is 0. The van der Waals surface area contributed by atoms with Crippen molar-refractivity contribution < 1.29 is 0 Å². The van der Waals surface area contributed by atoms with Crippen molar-refractivity contribution in [1.29, 1.82) is 5.26 Å². The Morgan fingerprint density at radius 3 is 1.90 bits per heavy atom. The van der Waals surface area contributed by atoms with Crippen LogP contribution in [0.1, 0.15) is 51.7 Å². The Kier molecular flexibility index (Phi) is 6.75. The molecule has 2 heteroatoms. The highest BCUT2D eigenvalue weighted by molar-refractivity contribution is 5.26. The average molecular weight is 272 g/mol. The van der Waals surface area contributed by atoms with Crippen molar-refractivity contribution in [2.45, 2.75) is 58.9 Å². The maximum absolute atomic E-state index is 9.68. The molecular weight excluding hydrogens is 244 g/mol. The zero-order chi connectivity index (χ0) is 15.0. The van der Waals surface area contributed by atoms with Gasteiger partial charge in [-0.25, -0.2) is 0 Å². The van der Waals surface area contributed by atoms with Gasteiger partial charge in [0, 0.05) is 6.42 Å². The molecule has 2 nitrogen and oxygen atoms in total. The molecular formula is C18H28N2. The molecule has 20 heavy (non-hydrogen) atoms. The summed E-state index contributed by atoms with van der Waals surface area (Å²) in [6.45, 7) is 10.6. The summed E-state index contributed by atoms with van der Waals surface area (Å²) >= 11 is 0. The quantitative estimate of drug-likeness (QED) is 0.709. The first-order chi connectivity index (χ1) is 9.59. The van der Waals surface area contributed by atoms with Crippen molar-refractivity contribution in [1.82, 2.24) is 4.90 Å². The maximum Gasteiger partial charge on any atom is 0.110 e. The average Bonchev–Trinajstić information content (AvgIpc) is 2.47. The van der Waals surface area contributed by atoms with Crippen molar-refractivity contribution in [3.05, 3.63) is 35.4 Å². The van der Waals surface area contributed by atoms with Crippen LogP contribution in [0.5, 0.6) is 0 Å². The van der Waals surface area contributed by atoms with E-state index in [4.69, 9.17) is 0 Å². The molecule has 1 aromatic rings. The number of aryl methyl sites for hydroxylation is 1. The van der Waals surface area contributed by atoms with Crippen molar-refractivity contribution in [2.75, 3.05) is 13.1 Å². The van der Waals surface area contributed by atoms with Crippen LogP contribution >= 0.6 is 0 Å². The lowest BCUT2D eigenvalue weighted by Crippen LogP contribution is -2.47. The minimum Gasteiger partial charge on any atom is -0.286 e. The van der Waals surface area contributed by atoms with E-state index in [1.54, 1.807) is 0 Å². The van der Waals surface area contributed by atoms with Gasteiger partial charge in [-0.1, -0.05) is 45.0 Å². The van der Waals surface area contributed by atoms with E-state index in [0.717, 1.165) is 38.8 Å². The van der Waals surface area contributed by atoms with Gasteiger partial charge in [0.2, 0.25) is 0 Å². The van der Waals surface area contributed by atoms with Gasteiger partial charge in [-0.3, -0.25) is 4.90 Å². The van der Waals surface area contributed by atoms with Gasteiger partial charge in [0.15, 0.2) is 0 Å². The summed E-state index contributed by atoms with van der Waals surface area (Å²) in [4.78, 5) is 2.33. The van der Waals surface area contributed by atoms with E-state index >= 15 is 0 Å². The summed E-state index contributed by atoms with van der Waals surface area (Å²) in [5.41, 5.74) is 2.20. The minimum absolute atomic E-state index is 0.403. The highest BCUT2D eigenvalue weighted by Crippen LogP contribution is 2.21. The van der Waals surface area contributed by atoms with Crippen LogP contribution in [-0.2, 0) is 12.8 Å². The summed E-state index contributed by atoms with van der Waals surface area (Å²) in [7, 11) is 0. The third kappa shape index (κ3) is 4.35. The molecule has 1 atom stereocenters. The van der Waals surface area contributed by atoms with Gasteiger partial charge in [-0.15, -0.1) is 0 Å². The fraction of sp³-hybridized carbons (Fsp3) is 0.611. The first-order valence-corrected chi connectivity index (χ1v) is 7.83. The molecule has 0 saturated carbocycles. The molecule has 1 unspecified atom stereocenters. The number of hydrogen-bond acceptors (Lipinski definition) is 2. The van der Waals surface area contributed by atoms with Crippen LogP contribution in [0.15, 0.2) is 24.3 Å². The summed E-state index contributed by atoms with van der Waals surface area (Å²) in [5, 5.41) is 9.68. The van der Waals surface area contributed by atoms with E-state index in [0.29, 0.717) is 0 Å². The van der Waals surface area contributed by atoms with E-state index in [1.165, 1.54) is 11.1 Å². The molecule has 1 rings (SSSR count). The number of rotatable bonds is 8. The highest BCUT2D eigenvalue weighted by atomic mass is 15.2. The van der Waals surface area contributed by atoms with E-state index in [9.17, 15) is 5.26 Å². The Bertz CT molecular complexity index is 424. The third-order valence-electron chi connectivity index (χ3n) is 3.91. The molecule has 1 aromatic carbocycles. The van der Waals surface area contributed by atoms with Gasteiger partial charge in [0.25, 0.3) is 0 Å². The largest absolute Gasteiger partial charge is 0.286 e. The molecule has 0 aliphatic carbocycles. The summed E-state index contributed by atoms with van der Waals surface area (Å²) < 4.78 is 0. The van der Waals surface area contributed by atoms with Crippen LogP contribution < -0.4 is 0 Å². The summed E-state index contributed by atoms with van der Waals surface area (Å²) in [6, 6.07) is 11.2. The van der Waals surface area contributed by atoms with Crippen LogP contribution in [0.4, 0.5) is 0 Å². The number of benzene rings is 1.